The van der Waals surface area contributed by atoms with E-state index in [1.165, 1.54) is 12.1 Å². The summed E-state index contributed by atoms with van der Waals surface area (Å²) >= 11 is 0. The molecule has 9 heteroatoms. The van der Waals surface area contributed by atoms with E-state index in [0.29, 0.717) is 48.1 Å². The molecule has 3 aromatic rings. The Morgan fingerprint density at radius 1 is 1.23 bits per heavy atom. The first-order valence-corrected chi connectivity index (χ1v) is 9.89. The van der Waals surface area contributed by atoms with E-state index in [1.54, 1.807) is 24.5 Å². The SMILES string of the molecule is O=C1CCCc2cc(F)c(C(=O)Nc3cccc(-c4nncn4C4CC4)n3)cc2N1. The first-order valence-electron chi connectivity index (χ1n) is 9.89. The summed E-state index contributed by atoms with van der Waals surface area (Å²) in [6, 6.07) is 8.25. The third-order valence-electron chi connectivity index (χ3n) is 5.29. The van der Waals surface area contributed by atoms with Gasteiger partial charge in [0.05, 0.1) is 5.56 Å². The summed E-state index contributed by atoms with van der Waals surface area (Å²) in [6.07, 6.45) is 5.44. The Balaban J connectivity index is 1.41. The van der Waals surface area contributed by atoms with Crippen molar-refractivity contribution < 1.29 is 14.0 Å². The van der Waals surface area contributed by atoms with Gasteiger partial charge in [0.2, 0.25) is 5.91 Å². The smallest absolute Gasteiger partial charge is 0.259 e. The summed E-state index contributed by atoms with van der Waals surface area (Å²) < 4.78 is 16.6. The number of carbonyl (C=O) groups excluding carboxylic acids is 2. The second-order valence-corrected chi connectivity index (χ2v) is 7.55. The first-order chi connectivity index (χ1) is 14.6. The lowest BCUT2D eigenvalue weighted by Gasteiger charge is -2.12. The van der Waals surface area contributed by atoms with Crippen molar-refractivity contribution in [2.75, 3.05) is 10.6 Å². The zero-order valence-electron chi connectivity index (χ0n) is 16.1. The van der Waals surface area contributed by atoms with Crippen LogP contribution in [0.1, 0.15) is 47.6 Å². The molecular weight excluding hydrogens is 387 g/mol. The number of aromatic nitrogens is 4. The minimum atomic E-state index is -0.637. The van der Waals surface area contributed by atoms with Gasteiger partial charge in [-0.15, -0.1) is 10.2 Å². The summed E-state index contributed by atoms with van der Waals surface area (Å²) in [7, 11) is 0. The molecular formula is C21H19FN6O2. The van der Waals surface area contributed by atoms with Crippen molar-refractivity contribution in [1.82, 2.24) is 19.7 Å². The molecule has 152 valence electrons. The molecule has 0 spiro atoms. The Labute approximate surface area is 171 Å². The van der Waals surface area contributed by atoms with E-state index < -0.39 is 11.7 Å². The van der Waals surface area contributed by atoms with Gasteiger partial charge < -0.3 is 15.2 Å². The zero-order chi connectivity index (χ0) is 20.7. The predicted octanol–water partition coefficient (Wildman–Crippen LogP) is 3.34. The Kier molecular flexibility index (Phi) is 4.50. The Morgan fingerprint density at radius 3 is 2.93 bits per heavy atom. The number of rotatable bonds is 4. The number of fused-ring (bicyclic) bond motifs is 1. The molecule has 1 aliphatic heterocycles. The molecule has 1 saturated carbocycles. The van der Waals surface area contributed by atoms with Crippen LogP contribution in [-0.4, -0.2) is 31.6 Å². The lowest BCUT2D eigenvalue weighted by atomic mass is 10.0. The van der Waals surface area contributed by atoms with Gasteiger partial charge in [-0.1, -0.05) is 6.07 Å². The van der Waals surface area contributed by atoms with E-state index in [4.69, 9.17) is 0 Å². The molecule has 2 aliphatic rings. The van der Waals surface area contributed by atoms with Crippen molar-refractivity contribution in [3.8, 4) is 11.5 Å². The van der Waals surface area contributed by atoms with E-state index in [9.17, 15) is 14.0 Å². The summed E-state index contributed by atoms with van der Waals surface area (Å²) in [5.74, 6) is -0.497. The van der Waals surface area contributed by atoms with Gasteiger partial charge in [-0.3, -0.25) is 9.59 Å². The fourth-order valence-corrected chi connectivity index (χ4v) is 3.62. The molecule has 0 unspecified atom stereocenters. The number of hydrogen-bond acceptors (Lipinski definition) is 5. The Morgan fingerprint density at radius 2 is 2.10 bits per heavy atom. The molecule has 1 aliphatic carbocycles. The maximum atomic E-state index is 14.6. The lowest BCUT2D eigenvalue weighted by Crippen LogP contribution is -2.17. The Hall–Kier alpha value is -3.62. The molecule has 2 amide bonds. The quantitative estimate of drug-likeness (QED) is 0.692. The number of anilines is 2. The molecule has 1 aromatic carbocycles. The van der Waals surface area contributed by atoms with E-state index in [2.05, 4.69) is 25.8 Å². The van der Waals surface area contributed by atoms with Gasteiger partial charge in [0.25, 0.3) is 5.91 Å². The topological polar surface area (TPSA) is 102 Å². The normalized spacial score (nSPS) is 15.8. The van der Waals surface area contributed by atoms with Gasteiger partial charge in [-0.2, -0.15) is 0 Å². The maximum Gasteiger partial charge on any atom is 0.259 e. The molecule has 8 nitrogen and oxygen atoms in total. The van der Waals surface area contributed by atoms with E-state index in [0.717, 1.165) is 12.8 Å². The lowest BCUT2D eigenvalue weighted by molar-refractivity contribution is -0.116. The van der Waals surface area contributed by atoms with Crippen LogP contribution in [0.3, 0.4) is 0 Å². The highest BCUT2D eigenvalue weighted by molar-refractivity contribution is 6.05. The zero-order valence-corrected chi connectivity index (χ0v) is 16.1. The fraction of sp³-hybridized carbons (Fsp3) is 0.286. The highest BCUT2D eigenvalue weighted by Gasteiger charge is 2.27. The van der Waals surface area contributed by atoms with E-state index in [1.807, 2.05) is 4.57 Å². The third kappa shape index (κ3) is 3.54. The standard InChI is InChI=1S/C21H19FN6O2/c22-15-9-12-3-1-6-19(29)25-17(12)10-14(15)21(30)26-18-5-2-4-16(24-18)20-27-23-11-28(20)13-7-8-13/h2,4-5,9-11,13H,1,3,6-8H2,(H,25,29)(H,24,26,30). The average molecular weight is 406 g/mol. The molecule has 30 heavy (non-hydrogen) atoms. The number of pyridine rings is 1. The van der Waals surface area contributed by atoms with Crippen LogP contribution in [0.15, 0.2) is 36.7 Å². The van der Waals surface area contributed by atoms with Crippen LogP contribution in [0, 0.1) is 5.82 Å². The van der Waals surface area contributed by atoms with Crippen molar-refractivity contribution in [3.63, 3.8) is 0 Å². The molecule has 2 N–H and O–H groups in total. The third-order valence-corrected chi connectivity index (χ3v) is 5.29. The van der Waals surface area contributed by atoms with Gasteiger partial charge in [0, 0.05) is 18.2 Å². The van der Waals surface area contributed by atoms with Crippen LogP contribution in [0.25, 0.3) is 11.5 Å². The van der Waals surface area contributed by atoms with Gasteiger partial charge in [-0.05, 0) is 55.5 Å². The number of nitrogens with zero attached hydrogens (tertiary/aromatic N) is 4. The van der Waals surface area contributed by atoms with Crippen molar-refractivity contribution in [2.45, 2.75) is 38.1 Å². The summed E-state index contributed by atoms with van der Waals surface area (Å²) in [6.45, 7) is 0. The van der Waals surface area contributed by atoms with E-state index in [-0.39, 0.29) is 17.3 Å². The minimum Gasteiger partial charge on any atom is -0.326 e. The molecule has 5 rings (SSSR count). The summed E-state index contributed by atoms with van der Waals surface area (Å²) in [5, 5.41) is 13.5. The van der Waals surface area contributed by atoms with Gasteiger partial charge in [0.1, 0.15) is 23.7 Å². The van der Waals surface area contributed by atoms with Gasteiger partial charge in [0.15, 0.2) is 5.82 Å². The number of nitrogens with one attached hydrogen (secondary N) is 2. The maximum absolute atomic E-state index is 14.6. The second kappa shape index (κ2) is 7.33. The summed E-state index contributed by atoms with van der Waals surface area (Å²) in [5.41, 5.74) is 1.59. The largest absolute Gasteiger partial charge is 0.326 e. The number of aryl methyl sites for hydroxylation is 1. The Bertz CT molecular complexity index is 1150. The average Bonchev–Trinajstić information content (AvgIpc) is 3.49. The number of halogens is 1. The van der Waals surface area contributed by atoms with Crippen LogP contribution >= 0.6 is 0 Å². The van der Waals surface area contributed by atoms with Crippen molar-refractivity contribution in [1.29, 1.82) is 0 Å². The first kappa shape index (κ1) is 18.4. The molecule has 0 radical (unpaired) electrons. The van der Waals surface area contributed by atoms with Crippen molar-refractivity contribution in [2.24, 2.45) is 0 Å². The van der Waals surface area contributed by atoms with Crippen molar-refractivity contribution in [3.05, 3.63) is 53.6 Å². The summed E-state index contributed by atoms with van der Waals surface area (Å²) in [4.78, 5) is 29.0. The monoisotopic (exact) mass is 406 g/mol. The fourth-order valence-electron chi connectivity index (χ4n) is 3.62. The van der Waals surface area contributed by atoms with E-state index >= 15 is 0 Å². The van der Waals surface area contributed by atoms with Crippen LogP contribution in [0.2, 0.25) is 0 Å². The van der Waals surface area contributed by atoms with Gasteiger partial charge in [-0.25, -0.2) is 9.37 Å². The number of amides is 2. The van der Waals surface area contributed by atoms with Crippen LogP contribution in [0.4, 0.5) is 15.9 Å². The van der Waals surface area contributed by atoms with Crippen molar-refractivity contribution >= 4 is 23.3 Å². The number of benzene rings is 1. The second-order valence-electron chi connectivity index (χ2n) is 7.55. The molecule has 2 aromatic heterocycles. The molecule has 1 fully saturated rings. The van der Waals surface area contributed by atoms with Crippen LogP contribution < -0.4 is 10.6 Å². The number of carbonyl (C=O) groups is 2. The minimum absolute atomic E-state index is 0.138. The van der Waals surface area contributed by atoms with Gasteiger partial charge >= 0.3 is 0 Å². The molecule has 0 saturated heterocycles. The number of hydrogen-bond donors (Lipinski definition) is 2. The molecule has 0 atom stereocenters. The molecule has 0 bridgehead atoms. The van der Waals surface area contributed by atoms with Crippen LogP contribution in [0.5, 0.6) is 0 Å². The predicted molar refractivity (Wildman–Crippen MR) is 107 cm³/mol. The highest BCUT2D eigenvalue weighted by atomic mass is 19.1. The van der Waals surface area contributed by atoms with Crippen LogP contribution in [-0.2, 0) is 11.2 Å². The highest BCUT2D eigenvalue weighted by Crippen LogP contribution is 2.37. The molecule has 3 heterocycles.